The Morgan fingerprint density at radius 1 is 0.978 bits per heavy atom. The van der Waals surface area contributed by atoms with Crippen LogP contribution in [0, 0.1) is 11.8 Å². The Hall–Kier alpha value is -3.27. The van der Waals surface area contributed by atoms with Crippen LogP contribution in [-0.4, -0.2) is 83.2 Å². The molecule has 1 saturated carbocycles. The Kier molecular flexibility index (Phi) is 10.4. The maximum absolute atomic E-state index is 13.9. The van der Waals surface area contributed by atoms with Crippen LogP contribution in [0.5, 0.6) is 0 Å². The average Bonchev–Trinajstić information content (AvgIpc) is 3.89. The molecule has 1 spiro atoms. The number of hydrogen-bond donors (Lipinski definition) is 3. The summed E-state index contributed by atoms with van der Waals surface area (Å²) in [4.78, 5) is 43.9. The van der Waals surface area contributed by atoms with Crippen molar-refractivity contribution in [3.05, 3.63) is 65.2 Å². The van der Waals surface area contributed by atoms with Gasteiger partial charge in [-0.25, -0.2) is 0 Å². The summed E-state index contributed by atoms with van der Waals surface area (Å²) in [6.07, 6.45) is 7.24. The Morgan fingerprint density at radius 3 is 2.24 bits per heavy atom. The molecule has 9 nitrogen and oxygen atoms in total. The molecule has 4 fully saturated rings. The molecule has 46 heavy (non-hydrogen) atoms. The molecule has 3 aliphatic heterocycles. The Bertz CT molecular complexity index is 1340. The van der Waals surface area contributed by atoms with E-state index < -0.39 is 17.7 Å². The van der Waals surface area contributed by atoms with Gasteiger partial charge in [0.25, 0.3) is 0 Å². The molecule has 4 aliphatic rings. The number of hydrogen-bond acceptors (Lipinski definition) is 6. The SMILES string of the molecule is CCCCN1C(=O)[C@@H]([C@H](O)C2CCOCC2)NC(=O)C12CCN(Cc1ccc(Cc3ccc(NC(=O)CC4CC4)cc3)cc1)CC2. The van der Waals surface area contributed by atoms with Gasteiger partial charge in [0.05, 0.1) is 6.10 Å². The Morgan fingerprint density at radius 2 is 1.61 bits per heavy atom. The number of aliphatic hydroxyl groups excluding tert-OH is 1. The second-order valence-corrected chi connectivity index (χ2v) is 13.9. The molecule has 3 amide bonds. The summed E-state index contributed by atoms with van der Waals surface area (Å²) < 4.78 is 5.45. The van der Waals surface area contributed by atoms with Gasteiger partial charge in [0.15, 0.2) is 0 Å². The monoisotopic (exact) mass is 630 g/mol. The molecule has 0 unspecified atom stereocenters. The number of piperidine rings is 1. The Labute approximate surface area is 273 Å². The van der Waals surface area contributed by atoms with E-state index in [0.717, 1.165) is 44.6 Å². The molecule has 3 heterocycles. The van der Waals surface area contributed by atoms with Crippen LogP contribution in [0.25, 0.3) is 0 Å². The van der Waals surface area contributed by atoms with Crippen molar-refractivity contribution < 1.29 is 24.2 Å². The summed E-state index contributed by atoms with van der Waals surface area (Å²) >= 11 is 0. The highest BCUT2D eigenvalue weighted by atomic mass is 16.5. The molecule has 0 bridgehead atoms. The smallest absolute Gasteiger partial charge is 0.248 e. The fourth-order valence-electron chi connectivity index (χ4n) is 7.38. The first kappa shape index (κ1) is 32.7. The number of nitrogens with zero attached hydrogens (tertiary/aromatic N) is 2. The molecule has 248 valence electrons. The van der Waals surface area contributed by atoms with Crippen LogP contribution in [0.2, 0.25) is 0 Å². The third-order valence-electron chi connectivity index (χ3n) is 10.5. The van der Waals surface area contributed by atoms with Crippen LogP contribution in [-0.2, 0) is 32.1 Å². The fraction of sp³-hybridized carbons (Fsp3) is 0.595. The van der Waals surface area contributed by atoms with Gasteiger partial charge in [-0.05, 0) is 92.0 Å². The first-order valence-corrected chi connectivity index (χ1v) is 17.4. The van der Waals surface area contributed by atoms with Crippen molar-refractivity contribution in [2.75, 3.05) is 38.2 Å². The number of carbonyl (C=O) groups excluding carboxylic acids is 3. The predicted molar refractivity (Wildman–Crippen MR) is 177 cm³/mol. The largest absolute Gasteiger partial charge is 0.390 e. The normalized spacial score (nSPS) is 22.9. The lowest BCUT2D eigenvalue weighted by Crippen LogP contribution is -2.75. The minimum Gasteiger partial charge on any atom is -0.390 e. The number of carbonyl (C=O) groups is 3. The van der Waals surface area contributed by atoms with Gasteiger partial charge in [0, 0.05) is 51.5 Å². The number of ether oxygens (including phenoxy) is 1. The zero-order valence-electron chi connectivity index (χ0n) is 27.2. The quantitative estimate of drug-likeness (QED) is 0.323. The van der Waals surface area contributed by atoms with E-state index >= 15 is 0 Å². The van der Waals surface area contributed by atoms with Crippen LogP contribution in [0.4, 0.5) is 5.69 Å². The molecule has 0 aromatic heterocycles. The number of likely N-dealkylation sites (tertiary alicyclic amines) is 1. The van der Waals surface area contributed by atoms with Gasteiger partial charge in [0.1, 0.15) is 11.6 Å². The highest BCUT2D eigenvalue weighted by Crippen LogP contribution is 2.36. The first-order chi connectivity index (χ1) is 22.3. The van der Waals surface area contributed by atoms with E-state index in [2.05, 4.69) is 58.9 Å². The highest BCUT2D eigenvalue weighted by molar-refractivity contribution is 6.00. The second-order valence-electron chi connectivity index (χ2n) is 13.9. The molecule has 2 aromatic carbocycles. The van der Waals surface area contributed by atoms with Crippen LogP contribution < -0.4 is 10.6 Å². The molecule has 0 radical (unpaired) electrons. The summed E-state index contributed by atoms with van der Waals surface area (Å²) in [5, 5.41) is 17.1. The zero-order valence-corrected chi connectivity index (χ0v) is 27.2. The predicted octanol–water partition coefficient (Wildman–Crippen LogP) is 4.27. The second kappa shape index (κ2) is 14.7. The lowest BCUT2D eigenvalue weighted by Gasteiger charge is -2.52. The number of anilines is 1. The van der Waals surface area contributed by atoms with Gasteiger partial charge in [-0.2, -0.15) is 0 Å². The Balaban J connectivity index is 1.02. The van der Waals surface area contributed by atoms with Crippen LogP contribution >= 0.6 is 0 Å². The maximum atomic E-state index is 13.9. The molecule has 2 atom stereocenters. The van der Waals surface area contributed by atoms with E-state index in [1.165, 1.54) is 29.5 Å². The number of benzene rings is 2. The van der Waals surface area contributed by atoms with Crippen molar-refractivity contribution in [3.8, 4) is 0 Å². The first-order valence-electron chi connectivity index (χ1n) is 17.4. The van der Waals surface area contributed by atoms with Crippen molar-refractivity contribution in [1.29, 1.82) is 0 Å². The van der Waals surface area contributed by atoms with Gasteiger partial charge in [-0.1, -0.05) is 49.7 Å². The standard InChI is InChI=1S/C37H50N4O5/c1-2-3-18-41-35(44)33(34(43)30-14-21-46-22-15-30)39-36(45)37(41)16-19-40(20-17-37)25-29-8-6-26(7-9-29)23-27-10-12-31(13-11-27)38-32(42)24-28-4-5-28/h6-13,28,30,33-34,43H,2-5,14-25H2,1H3,(H,38,42)(H,39,45)/t33-,34-/m1/s1. The van der Waals surface area contributed by atoms with Crippen molar-refractivity contribution in [2.24, 2.45) is 11.8 Å². The summed E-state index contributed by atoms with van der Waals surface area (Å²) in [5.74, 6) is 0.388. The number of amides is 3. The van der Waals surface area contributed by atoms with Crippen LogP contribution in [0.3, 0.4) is 0 Å². The van der Waals surface area contributed by atoms with Crippen molar-refractivity contribution in [3.63, 3.8) is 0 Å². The number of aliphatic hydroxyl groups is 1. The third kappa shape index (κ3) is 7.64. The number of nitrogens with one attached hydrogen (secondary N) is 2. The average molecular weight is 631 g/mol. The van der Waals surface area contributed by atoms with Crippen LogP contribution in [0.1, 0.15) is 81.4 Å². The highest BCUT2D eigenvalue weighted by Gasteiger charge is 2.55. The van der Waals surface area contributed by atoms with Crippen molar-refractivity contribution in [2.45, 2.75) is 95.4 Å². The molecular weight excluding hydrogens is 580 g/mol. The molecule has 2 aromatic rings. The van der Waals surface area contributed by atoms with Crippen LogP contribution in [0.15, 0.2) is 48.5 Å². The van der Waals surface area contributed by atoms with E-state index in [0.29, 0.717) is 57.8 Å². The lowest BCUT2D eigenvalue weighted by molar-refractivity contribution is -0.166. The summed E-state index contributed by atoms with van der Waals surface area (Å²) in [6.45, 7) is 6.03. The van der Waals surface area contributed by atoms with Gasteiger partial charge in [-0.15, -0.1) is 0 Å². The molecule has 6 rings (SSSR count). The van der Waals surface area contributed by atoms with Crippen molar-refractivity contribution >= 4 is 23.4 Å². The van der Waals surface area contributed by atoms with Gasteiger partial charge in [-0.3, -0.25) is 19.3 Å². The van der Waals surface area contributed by atoms with Gasteiger partial charge < -0.3 is 25.4 Å². The van der Waals surface area contributed by atoms with E-state index in [9.17, 15) is 19.5 Å². The summed E-state index contributed by atoms with van der Waals surface area (Å²) in [5.41, 5.74) is 3.65. The number of unbranched alkanes of at least 4 members (excludes halogenated alkanes) is 1. The minimum absolute atomic E-state index is 0.0469. The minimum atomic E-state index is -0.895. The van der Waals surface area contributed by atoms with Gasteiger partial charge >= 0.3 is 0 Å². The van der Waals surface area contributed by atoms with Gasteiger partial charge in [0.2, 0.25) is 17.7 Å². The van der Waals surface area contributed by atoms with E-state index in [1.54, 1.807) is 0 Å². The van der Waals surface area contributed by atoms with Crippen molar-refractivity contribution in [1.82, 2.24) is 15.1 Å². The summed E-state index contributed by atoms with van der Waals surface area (Å²) in [7, 11) is 0. The maximum Gasteiger partial charge on any atom is 0.248 e. The van der Waals surface area contributed by atoms with E-state index in [-0.39, 0.29) is 23.6 Å². The summed E-state index contributed by atoms with van der Waals surface area (Å²) in [6, 6.07) is 15.9. The molecular formula is C37H50N4O5. The number of piperazine rings is 1. The van der Waals surface area contributed by atoms with E-state index in [1.807, 2.05) is 17.0 Å². The van der Waals surface area contributed by atoms with E-state index in [4.69, 9.17) is 4.74 Å². The topological polar surface area (TPSA) is 111 Å². The fourth-order valence-corrected chi connectivity index (χ4v) is 7.38. The molecule has 3 saturated heterocycles. The molecule has 3 N–H and O–H groups in total. The zero-order chi connectivity index (χ0) is 32.1. The third-order valence-corrected chi connectivity index (χ3v) is 10.5. The number of rotatable bonds is 12. The molecule has 9 heteroatoms. The molecule has 1 aliphatic carbocycles. The lowest BCUT2D eigenvalue weighted by atomic mass is 9.79.